The van der Waals surface area contributed by atoms with E-state index in [4.69, 9.17) is 19.4 Å². The maximum Gasteiger partial charge on any atom is 0.227 e. The van der Waals surface area contributed by atoms with Crippen molar-refractivity contribution in [1.29, 1.82) is 0 Å². The highest BCUT2D eigenvalue weighted by Crippen LogP contribution is 2.42. The third-order valence-corrected chi connectivity index (χ3v) is 9.53. The Labute approximate surface area is 230 Å². The highest BCUT2D eigenvalue weighted by Gasteiger charge is 2.45. The summed E-state index contributed by atoms with van der Waals surface area (Å²) in [6, 6.07) is 20.4. The molecule has 0 radical (unpaired) electrons. The number of aryl methyl sites for hydroxylation is 1. The van der Waals surface area contributed by atoms with Crippen molar-refractivity contribution in [3.05, 3.63) is 72.2 Å². The minimum atomic E-state index is -1.10. The molecule has 0 bridgehead atoms. The fourth-order valence-corrected chi connectivity index (χ4v) is 6.86. The number of fused-ring (bicyclic) bond motifs is 1. The molecule has 2 aromatic heterocycles. The van der Waals surface area contributed by atoms with Crippen molar-refractivity contribution in [3.8, 4) is 22.6 Å². The molecule has 0 spiro atoms. The van der Waals surface area contributed by atoms with Crippen LogP contribution in [0.4, 0.5) is 11.8 Å². The van der Waals surface area contributed by atoms with E-state index in [0.717, 1.165) is 77.8 Å². The van der Waals surface area contributed by atoms with E-state index in [1.54, 1.807) is 0 Å². The summed E-state index contributed by atoms with van der Waals surface area (Å²) in [5, 5.41) is 13.3. The molecule has 1 unspecified atom stereocenters. The Morgan fingerprint density at radius 1 is 0.974 bits per heavy atom. The minimum absolute atomic E-state index is 0.0469. The maximum absolute atomic E-state index is 12.7. The molecule has 3 aliphatic rings. The smallest absolute Gasteiger partial charge is 0.227 e. The van der Waals surface area contributed by atoms with Crippen molar-refractivity contribution in [3.63, 3.8) is 0 Å². The topological polar surface area (TPSA) is 110 Å². The van der Waals surface area contributed by atoms with E-state index in [2.05, 4.69) is 34.5 Å². The molecule has 2 aromatic carbocycles. The van der Waals surface area contributed by atoms with Crippen LogP contribution in [-0.2, 0) is 17.6 Å². The van der Waals surface area contributed by atoms with Gasteiger partial charge in [0.05, 0.1) is 12.1 Å². The quantitative estimate of drug-likeness (QED) is 0.322. The third-order valence-electron chi connectivity index (χ3n) is 8.07. The molecule has 7 rings (SSSR count). The van der Waals surface area contributed by atoms with Gasteiger partial charge in [-0.1, -0.05) is 60.7 Å². The Balaban J connectivity index is 1.14. The zero-order valence-corrected chi connectivity index (χ0v) is 22.5. The van der Waals surface area contributed by atoms with Crippen molar-refractivity contribution in [2.75, 3.05) is 35.7 Å². The molecule has 1 saturated carbocycles. The van der Waals surface area contributed by atoms with Crippen LogP contribution in [0.15, 0.2) is 70.0 Å². The predicted molar refractivity (Wildman–Crippen MR) is 151 cm³/mol. The first-order valence-electron chi connectivity index (χ1n) is 13.7. The standard InChI is InChI=1S/C30H31N5O3S/c36-19-30(14-15-30)34-27-26-23(13-18-39(26)37)31-29(33-27)35-16-11-22(12-17-35)28-32-24(20-7-3-1-4-8-20)25(38-28)21-9-5-2-6-10-21/h1-10,22,36H,11-19H2,(H,31,33,34). The summed E-state index contributed by atoms with van der Waals surface area (Å²) in [6.45, 7) is 1.60. The molecule has 4 aromatic rings. The van der Waals surface area contributed by atoms with E-state index in [0.29, 0.717) is 23.9 Å². The molecule has 8 nitrogen and oxygen atoms in total. The van der Waals surface area contributed by atoms with Crippen molar-refractivity contribution in [2.24, 2.45) is 0 Å². The van der Waals surface area contributed by atoms with Gasteiger partial charge in [-0.2, -0.15) is 4.98 Å². The minimum Gasteiger partial charge on any atom is -0.611 e. The third kappa shape index (κ3) is 4.68. The van der Waals surface area contributed by atoms with Crippen molar-refractivity contribution < 1.29 is 14.1 Å². The van der Waals surface area contributed by atoms with Gasteiger partial charge in [0.1, 0.15) is 17.1 Å². The van der Waals surface area contributed by atoms with Gasteiger partial charge in [-0.3, -0.25) is 0 Å². The second-order valence-corrected chi connectivity index (χ2v) is 12.2. The van der Waals surface area contributed by atoms with E-state index >= 15 is 0 Å². The average molecular weight is 542 g/mol. The molecular weight excluding hydrogens is 510 g/mol. The number of piperidine rings is 1. The van der Waals surface area contributed by atoms with Gasteiger partial charge in [0.15, 0.2) is 17.5 Å². The second-order valence-electron chi connectivity index (χ2n) is 10.7. The molecular formula is C30H31N5O3S. The number of oxazole rings is 1. The van der Waals surface area contributed by atoms with E-state index < -0.39 is 11.2 Å². The van der Waals surface area contributed by atoms with Crippen LogP contribution in [0, 0.1) is 0 Å². The molecule has 39 heavy (non-hydrogen) atoms. The number of nitrogens with zero attached hydrogens (tertiary/aromatic N) is 4. The summed E-state index contributed by atoms with van der Waals surface area (Å²) in [4.78, 5) is 17.6. The SMILES string of the molecule is [O-][S+]1CCc2nc(N3CCC(c4nc(-c5ccccc5)c(-c5ccccc5)o4)CC3)nc(NC3(CO)CC3)c21. The van der Waals surface area contributed by atoms with Gasteiger partial charge in [0.25, 0.3) is 0 Å². The molecule has 2 N–H and O–H groups in total. The number of aromatic nitrogens is 3. The highest BCUT2D eigenvalue weighted by atomic mass is 32.2. The fourth-order valence-electron chi connectivity index (χ4n) is 5.55. The van der Waals surface area contributed by atoms with Crippen LogP contribution in [0.5, 0.6) is 0 Å². The number of benzene rings is 2. The summed E-state index contributed by atoms with van der Waals surface area (Å²) in [5.74, 6) is 3.66. The molecule has 4 heterocycles. The van der Waals surface area contributed by atoms with Crippen LogP contribution in [0.2, 0.25) is 0 Å². The van der Waals surface area contributed by atoms with Crippen LogP contribution < -0.4 is 10.2 Å². The first kappa shape index (κ1) is 24.6. The fraction of sp³-hybridized carbons (Fsp3) is 0.367. The first-order chi connectivity index (χ1) is 19.1. The van der Waals surface area contributed by atoms with Gasteiger partial charge < -0.3 is 24.3 Å². The van der Waals surface area contributed by atoms with Crippen molar-refractivity contribution in [2.45, 2.75) is 48.5 Å². The van der Waals surface area contributed by atoms with Gasteiger partial charge in [0, 0.05) is 36.6 Å². The van der Waals surface area contributed by atoms with Crippen LogP contribution in [0.1, 0.15) is 43.2 Å². The van der Waals surface area contributed by atoms with Crippen molar-refractivity contribution >= 4 is 22.9 Å². The molecule has 1 atom stereocenters. The number of nitrogens with one attached hydrogen (secondary N) is 1. The summed E-state index contributed by atoms with van der Waals surface area (Å²) in [7, 11) is 0. The maximum atomic E-state index is 12.7. The van der Waals surface area contributed by atoms with Gasteiger partial charge in [-0.25, -0.2) is 9.97 Å². The Morgan fingerprint density at radius 3 is 2.33 bits per heavy atom. The van der Waals surface area contributed by atoms with Gasteiger partial charge in [-0.05, 0) is 36.9 Å². The Bertz CT molecular complexity index is 1410. The normalized spacial score (nSPS) is 20.2. The first-order valence-corrected chi connectivity index (χ1v) is 15.0. The van der Waals surface area contributed by atoms with Crippen LogP contribution >= 0.6 is 0 Å². The monoisotopic (exact) mass is 541 g/mol. The lowest BCUT2D eigenvalue weighted by Crippen LogP contribution is -2.35. The summed E-state index contributed by atoms with van der Waals surface area (Å²) >= 11 is -1.10. The zero-order chi connectivity index (χ0) is 26.4. The number of hydrogen-bond donors (Lipinski definition) is 2. The number of aliphatic hydroxyl groups is 1. The molecule has 200 valence electrons. The number of rotatable bonds is 7. The lowest BCUT2D eigenvalue weighted by molar-refractivity contribution is 0.265. The van der Waals surface area contributed by atoms with E-state index in [1.807, 2.05) is 36.4 Å². The second kappa shape index (κ2) is 9.97. The van der Waals surface area contributed by atoms with Crippen LogP contribution in [-0.4, -0.2) is 55.6 Å². The highest BCUT2D eigenvalue weighted by molar-refractivity contribution is 7.91. The largest absolute Gasteiger partial charge is 0.611 e. The Kier molecular flexibility index (Phi) is 6.29. The summed E-state index contributed by atoms with van der Waals surface area (Å²) in [5.41, 5.74) is 3.47. The zero-order valence-electron chi connectivity index (χ0n) is 21.7. The Hall–Kier alpha value is -3.40. The van der Waals surface area contributed by atoms with Gasteiger partial charge >= 0.3 is 0 Å². The van der Waals surface area contributed by atoms with Crippen LogP contribution in [0.25, 0.3) is 22.6 Å². The van der Waals surface area contributed by atoms with E-state index in [9.17, 15) is 9.66 Å². The van der Waals surface area contributed by atoms with E-state index in [1.165, 1.54) is 0 Å². The lowest BCUT2D eigenvalue weighted by Gasteiger charge is -2.31. The predicted octanol–water partition coefficient (Wildman–Crippen LogP) is 4.78. The molecule has 0 amide bonds. The molecule has 1 aliphatic carbocycles. The molecule has 1 saturated heterocycles. The van der Waals surface area contributed by atoms with Crippen LogP contribution in [0.3, 0.4) is 0 Å². The van der Waals surface area contributed by atoms with Crippen molar-refractivity contribution in [1.82, 2.24) is 15.0 Å². The van der Waals surface area contributed by atoms with E-state index in [-0.39, 0.29) is 18.1 Å². The lowest BCUT2D eigenvalue weighted by atomic mass is 9.97. The summed E-state index contributed by atoms with van der Waals surface area (Å²) in [6.07, 6.45) is 4.22. The molecule has 2 aliphatic heterocycles. The number of hydrogen-bond acceptors (Lipinski definition) is 8. The average Bonchev–Trinajstić information content (AvgIpc) is 3.44. The van der Waals surface area contributed by atoms with Gasteiger partial charge in [-0.15, -0.1) is 0 Å². The number of aliphatic hydroxyl groups excluding tert-OH is 1. The summed E-state index contributed by atoms with van der Waals surface area (Å²) < 4.78 is 19.2. The molecule has 9 heteroatoms. The van der Waals surface area contributed by atoms with Gasteiger partial charge in [0.2, 0.25) is 10.8 Å². The molecule has 2 fully saturated rings. The number of anilines is 2. The Morgan fingerprint density at radius 2 is 1.67 bits per heavy atom.